The lowest BCUT2D eigenvalue weighted by Crippen LogP contribution is -2.52. The molecule has 0 aliphatic heterocycles. The highest BCUT2D eigenvalue weighted by atomic mass is 16.6. The standard InChI is InChI=1S/C23H34N4O4/c1-7-11-16(2)25-20(28)19(18-12-9-8-10-13-18)27(15-14-24)21(29)17(3)26-22(30)31-23(4,5)6/h8-10,12-13,16-17,19H,7,11,15H2,1-6H3,(H,25,28)(H,26,30). The molecule has 0 saturated carbocycles. The van der Waals surface area contributed by atoms with Crippen molar-refractivity contribution in [2.24, 2.45) is 0 Å². The van der Waals surface area contributed by atoms with E-state index < -0.39 is 29.7 Å². The molecule has 0 bridgehead atoms. The molecular formula is C23H34N4O4. The van der Waals surface area contributed by atoms with Crippen molar-refractivity contribution in [1.82, 2.24) is 15.5 Å². The Labute approximate surface area is 184 Å². The Hall–Kier alpha value is -3.08. The van der Waals surface area contributed by atoms with E-state index in [2.05, 4.69) is 10.6 Å². The molecule has 170 valence electrons. The summed E-state index contributed by atoms with van der Waals surface area (Å²) in [6.45, 7) is 10.3. The number of hydrogen-bond donors (Lipinski definition) is 2. The summed E-state index contributed by atoms with van der Waals surface area (Å²) in [5.74, 6) is -0.931. The fourth-order valence-corrected chi connectivity index (χ4v) is 3.10. The number of rotatable bonds is 9. The van der Waals surface area contributed by atoms with E-state index in [0.29, 0.717) is 5.56 Å². The van der Waals surface area contributed by atoms with Crippen LogP contribution in [-0.2, 0) is 14.3 Å². The molecule has 0 aliphatic rings. The highest BCUT2D eigenvalue weighted by Gasteiger charge is 2.35. The molecule has 3 atom stereocenters. The number of carbonyl (C=O) groups excluding carboxylic acids is 3. The van der Waals surface area contributed by atoms with Crippen molar-refractivity contribution < 1.29 is 19.1 Å². The highest BCUT2D eigenvalue weighted by molar-refractivity contribution is 5.92. The summed E-state index contributed by atoms with van der Waals surface area (Å²) in [7, 11) is 0. The van der Waals surface area contributed by atoms with E-state index >= 15 is 0 Å². The molecule has 8 heteroatoms. The van der Waals surface area contributed by atoms with Gasteiger partial charge in [0.25, 0.3) is 0 Å². The molecule has 31 heavy (non-hydrogen) atoms. The van der Waals surface area contributed by atoms with Crippen LogP contribution in [0.2, 0.25) is 0 Å². The summed E-state index contributed by atoms with van der Waals surface area (Å²) in [6, 6.07) is 8.69. The number of alkyl carbamates (subject to hydrolysis) is 1. The van der Waals surface area contributed by atoms with E-state index in [-0.39, 0.29) is 18.5 Å². The van der Waals surface area contributed by atoms with Crippen molar-refractivity contribution >= 4 is 17.9 Å². The van der Waals surface area contributed by atoms with Crippen LogP contribution < -0.4 is 10.6 Å². The van der Waals surface area contributed by atoms with Crippen LogP contribution in [0.1, 0.15) is 66.0 Å². The normalized spacial score (nSPS) is 13.8. The second kappa shape index (κ2) is 11.9. The van der Waals surface area contributed by atoms with Gasteiger partial charge in [0.1, 0.15) is 24.2 Å². The predicted molar refractivity (Wildman–Crippen MR) is 118 cm³/mol. The summed E-state index contributed by atoms with van der Waals surface area (Å²) in [4.78, 5) is 39.6. The predicted octanol–water partition coefficient (Wildman–Crippen LogP) is 3.30. The van der Waals surface area contributed by atoms with E-state index in [0.717, 1.165) is 12.8 Å². The minimum absolute atomic E-state index is 0.0833. The molecule has 8 nitrogen and oxygen atoms in total. The number of nitrogens with one attached hydrogen (secondary N) is 2. The quantitative estimate of drug-likeness (QED) is 0.584. The van der Waals surface area contributed by atoms with Gasteiger partial charge in [-0.2, -0.15) is 5.26 Å². The minimum atomic E-state index is -1.00. The van der Waals surface area contributed by atoms with Crippen LogP contribution in [0.3, 0.4) is 0 Å². The second-order valence-electron chi connectivity index (χ2n) is 8.50. The topological polar surface area (TPSA) is 112 Å². The van der Waals surface area contributed by atoms with Gasteiger partial charge in [-0.3, -0.25) is 9.59 Å². The molecule has 3 unspecified atom stereocenters. The lowest BCUT2D eigenvalue weighted by Gasteiger charge is -2.32. The van der Waals surface area contributed by atoms with E-state index in [1.165, 1.54) is 11.8 Å². The molecule has 1 aromatic carbocycles. The Balaban J connectivity index is 3.17. The fraction of sp³-hybridized carbons (Fsp3) is 0.565. The average molecular weight is 431 g/mol. The minimum Gasteiger partial charge on any atom is -0.444 e. The van der Waals surface area contributed by atoms with E-state index in [4.69, 9.17) is 4.74 Å². The van der Waals surface area contributed by atoms with Crippen LogP contribution in [0.25, 0.3) is 0 Å². The number of nitriles is 1. The van der Waals surface area contributed by atoms with E-state index in [9.17, 15) is 19.6 Å². The summed E-state index contributed by atoms with van der Waals surface area (Å²) >= 11 is 0. The van der Waals surface area contributed by atoms with Crippen molar-refractivity contribution in [1.29, 1.82) is 5.26 Å². The van der Waals surface area contributed by atoms with E-state index in [1.807, 2.05) is 19.9 Å². The van der Waals surface area contributed by atoms with Crippen LogP contribution in [0.5, 0.6) is 0 Å². The van der Waals surface area contributed by atoms with Crippen LogP contribution in [0.4, 0.5) is 4.79 Å². The first-order valence-electron chi connectivity index (χ1n) is 10.5. The first kappa shape index (κ1) is 26.0. The lowest BCUT2D eigenvalue weighted by atomic mass is 10.0. The van der Waals surface area contributed by atoms with Gasteiger partial charge in [-0.05, 0) is 46.6 Å². The van der Waals surface area contributed by atoms with Gasteiger partial charge in [-0.1, -0.05) is 43.7 Å². The maximum absolute atomic E-state index is 13.2. The Morgan fingerprint density at radius 1 is 1.13 bits per heavy atom. The third-order valence-corrected chi connectivity index (χ3v) is 4.41. The molecule has 0 aromatic heterocycles. The van der Waals surface area contributed by atoms with Crippen molar-refractivity contribution in [3.05, 3.63) is 35.9 Å². The smallest absolute Gasteiger partial charge is 0.408 e. The summed E-state index contributed by atoms with van der Waals surface area (Å²) < 4.78 is 5.21. The summed E-state index contributed by atoms with van der Waals surface area (Å²) in [5.41, 5.74) is -0.141. The third kappa shape index (κ3) is 8.67. The zero-order valence-corrected chi connectivity index (χ0v) is 19.3. The lowest BCUT2D eigenvalue weighted by molar-refractivity contribution is -0.141. The van der Waals surface area contributed by atoms with Crippen molar-refractivity contribution in [3.8, 4) is 6.07 Å². The molecule has 1 rings (SSSR count). The fourth-order valence-electron chi connectivity index (χ4n) is 3.10. The number of benzene rings is 1. The maximum Gasteiger partial charge on any atom is 0.408 e. The Morgan fingerprint density at radius 3 is 2.26 bits per heavy atom. The molecule has 1 aromatic rings. The zero-order valence-electron chi connectivity index (χ0n) is 19.3. The molecule has 0 fully saturated rings. The monoisotopic (exact) mass is 430 g/mol. The molecule has 0 radical (unpaired) electrons. The third-order valence-electron chi connectivity index (χ3n) is 4.41. The van der Waals surface area contributed by atoms with Crippen molar-refractivity contribution in [3.63, 3.8) is 0 Å². The van der Waals surface area contributed by atoms with Crippen molar-refractivity contribution in [2.45, 2.75) is 78.1 Å². The first-order chi connectivity index (χ1) is 14.5. The van der Waals surface area contributed by atoms with Gasteiger partial charge in [0.2, 0.25) is 11.8 Å². The highest BCUT2D eigenvalue weighted by Crippen LogP contribution is 2.22. The number of carbonyl (C=O) groups is 3. The first-order valence-corrected chi connectivity index (χ1v) is 10.5. The van der Waals surface area contributed by atoms with Crippen LogP contribution in [0, 0.1) is 11.3 Å². The molecule has 2 N–H and O–H groups in total. The van der Waals surface area contributed by atoms with Gasteiger partial charge >= 0.3 is 6.09 Å². The number of hydrogen-bond acceptors (Lipinski definition) is 5. The van der Waals surface area contributed by atoms with Gasteiger partial charge in [0.05, 0.1) is 6.07 Å². The molecule has 0 aliphatic carbocycles. The van der Waals surface area contributed by atoms with E-state index in [1.54, 1.807) is 51.1 Å². The average Bonchev–Trinajstić information content (AvgIpc) is 2.66. The Kier molecular flexibility index (Phi) is 10.00. The van der Waals surface area contributed by atoms with Gasteiger partial charge in [0.15, 0.2) is 0 Å². The largest absolute Gasteiger partial charge is 0.444 e. The summed E-state index contributed by atoms with van der Waals surface area (Å²) in [5, 5.41) is 14.8. The van der Waals surface area contributed by atoms with Crippen LogP contribution in [0.15, 0.2) is 30.3 Å². The molecule has 3 amide bonds. The van der Waals surface area contributed by atoms with Crippen molar-refractivity contribution in [2.75, 3.05) is 6.54 Å². The molecule has 0 saturated heterocycles. The van der Waals surface area contributed by atoms with Crippen LogP contribution >= 0.6 is 0 Å². The maximum atomic E-state index is 13.2. The Bertz CT molecular complexity index is 783. The van der Waals surface area contributed by atoms with Crippen LogP contribution in [-0.4, -0.2) is 47.0 Å². The molecule has 0 spiro atoms. The second-order valence-corrected chi connectivity index (χ2v) is 8.50. The molecular weight excluding hydrogens is 396 g/mol. The number of amides is 3. The van der Waals surface area contributed by atoms with Gasteiger partial charge in [0, 0.05) is 6.04 Å². The van der Waals surface area contributed by atoms with Gasteiger partial charge < -0.3 is 20.3 Å². The Morgan fingerprint density at radius 2 is 1.74 bits per heavy atom. The SMILES string of the molecule is CCCC(C)NC(=O)C(c1ccccc1)N(CC#N)C(=O)C(C)NC(=O)OC(C)(C)C. The number of nitrogens with zero attached hydrogens (tertiary/aromatic N) is 2. The molecule has 0 heterocycles. The zero-order chi connectivity index (χ0) is 23.6. The number of ether oxygens (including phenoxy) is 1. The van der Waals surface area contributed by atoms with Gasteiger partial charge in [-0.15, -0.1) is 0 Å². The van der Waals surface area contributed by atoms with Gasteiger partial charge in [-0.25, -0.2) is 4.79 Å². The summed E-state index contributed by atoms with van der Waals surface area (Å²) in [6.07, 6.45) is 0.938.